The highest BCUT2D eigenvalue weighted by Crippen LogP contribution is 2.35. The normalized spacial score (nSPS) is 11.9. The van der Waals surface area contributed by atoms with Crippen molar-refractivity contribution in [1.29, 1.82) is 0 Å². The number of unbranched alkanes of at least 4 members (excludes halogenated alkanes) is 10. The zero-order valence-corrected chi connectivity index (χ0v) is 14.8. The Morgan fingerprint density at radius 3 is 1.47 bits per heavy atom. The van der Waals surface area contributed by atoms with Crippen molar-refractivity contribution in [3.05, 3.63) is 0 Å². The van der Waals surface area contributed by atoms with Gasteiger partial charge in [0.2, 0.25) is 0 Å². The second-order valence-corrected chi connectivity index (χ2v) is 7.22. The van der Waals surface area contributed by atoms with Gasteiger partial charge >= 0.3 is 7.82 Å². The smallest absolute Gasteiger partial charge is 0.303 e. The molecule has 0 saturated carbocycles. The number of hydrogen-bond acceptors (Lipinski definition) is 2. The fourth-order valence-electron chi connectivity index (χ4n) is 1.97. The minimum Gasteiger partial charge on any atom is -0.303 e. The molecule has 0 bridgehead atoms. The van der Waals surface area contributed by atoms with E-state index in [4.69, 9.17) is 9.79 Å². The van der Waals surface area contributed by atoms with Crippen LogP contribution in [0, 0.1) is 0 Å². The third-order valence-electron chi connectivity index (χ3n) is 3.04. The molecule has 0 aromatic rings. The summed E-state index contributed by atoms with van der Waals surface area (Å²) in [7, 11) is -4.25. The van der Waals surface area contributed by atoms with Gasteiger partial charge in [-0.15, -0.1) is 0 Å². The quantitative estimate of drug-likeness (QED) is 0.188. The predicted molar refractivity (Wildman–Crippen MR) is 87.7 cm³/mol. The summed E-state index contributed by atoms with van der Waals surface area (Å²) in [5, 5.41) is 0. The summed E-state index contributed by atoms with van der Waals surface area (Å²) in [6.07, 6.45) is 13.5. The Morgan fingerprint density at radius 2 is 1.11 bits per heavy atom. The summed E-state index contributed by atoms with van der Waals surface area (Å²) in [4.78, 5) is 17.0. The Morgan fingerprint density at radius 1 is 0.737 bits per heavy atom. The lowest BCUT2D eigenvalue weighted by Crippen LogP contribution is -1.92. The van der Waals surface area contributed by atoms with Crippen LogP contribution in [0.15, 0.2) is 0 Å². The molecule has 19 heavy (non-hydrogen) atoms. The standard InChI is InChI=1S/C13H28IO4P/c14-12-10-8-6-4-2-1-3-5-7-9-11-13-18-19(15,16)17/h1-13H2,(H2,15,16,17). The van der Waals surface area contributed by atoms with E-state index in [1.807, 2.05) is 0 Å². The number of rotatable bonds is 14. The van der Waals surface area contributed by atoms with Gasteiger partial charge < -0.3 is 9.79 Å². The van der Waals surface area contributed by atoms with Crippen molar-refractivity contribution >= 4 is 30.4 Å². The van der Waals surface area contributed by atoms with Crippen molar-refractivity contribution in [1.82, 2.24) is 0 Å². The molecule has 0 saturated heterocycles. The lowest BCUT2D eigenvalue weighted by atomic mass is 10.1. The molecule has 2 N–H and O–H groups in total. The van der Waals surface area contributed by atoms with Gasteiger partial charge in [0.05, 0.1) is 6.61 Å². The number of phosphoric acid groups is 1. The van der Waals surface area contributed by atoms with Gasteiger partial charge in [0.25, 0.3) is 0 Å². The first kappa shape index (κ1) is 19.8. The van der Waals surface area contributed by atoms with Gasteiger partial charge in [-0.2, -0.15) is 0 Å². The topological polar surface area (TPSA) is 66.8 Å². The van der Waals surface area contributed by atoms with Crippen LogP contribution in [-0.4, -0.2) is 20.8 Å². The fraction of sp³-hybridized carbons (Fsp3) is 1.00. The van der Waals surface area contributed by atoms with Gasteiger partial charge in [0.15, 0.2) is 0 Å². The molecule has 0 atom stereocenters. The summed E-state index contributed by atoms with van der Waals surface area (Å²) in [6.45, 7) is 0.168. The Bertz CT molecular complexity index is 233. The molecule has 0 aliphatic heterocycles. The van der Waals surface area contributed by atoms with Crippen molar-refractivity contribution in [2.45, 2.75) is 70.6 Å². The maximum atomic E-state index is 10.4. The van der Waals surface area contributed by atoms with Gasteiger partial charge in [0.1, 0.15) is 0 Å². The molecule has 0 aromatic carbocycles. The van der Waals surface area contributed by atoms with Crippen LogP contribution in [0.4, 0.5) is 0 Å². The summed E-state index contributed by atoms with van der Waals surface area (Å²) < 4.78 is 16.1. The highest BCUT2D eigenvalue weighted by Gasteiger charge is 2.12. The summed E-state index contributed by atoms with van der Waals surface area (Å²) in [5.41, 5.74) is 0. The first-order chi connectivity index (χ1) is 9.06. The largest absolute Gasteiger partial charge is 0.469 e. The summed E-state index contributed by atoms with van der Waals surface area (Å²) >= 11 is 2.43. The molecular formula is C13H28IO4P. The van der Waals surface area contributed by atoms with Gasteiger partial charge in [-0.3, -0.25) is 4.52 Å². The van der Waals surface area contributed by atoms with Crippen LogP contribution in [0.5, 0.6) is 0 Å². The second-order valence-electron chi connectivity index (χ2n) is 4.90. The van der Waals surface area contributed by atoms with E-state index in [9.17, 15) is 4.57 Å². The van der Waals surface area contributed by atoms with Gasteiger partial charge in [0, 0.05) is 0 Å². The molecule has 0 rings (SSSR count). The maximum Gasteiger partial charge on any atom is 0.469 e. The van der Waals surface area contributed by atoms with Gasteiger partial charge in [-0.1, -0.05) is 80.4 Å². The molecule has 0 aliphatic rings. The Balaban J connectivity index is 3.01. The zero-order valence-electron chi connectivity index (χ0n) is 11.7. The Labute approximate surface area is 131 Å². The minimum atomic E-state index is -4.25. The highest BCUT2D eigenvalue weighted by molar-refractivity contribution is 14.1. The minimum absolute atomic E-state index is 0.168. The van der Waals surface area contributed by atoms with Crippen LogP contribution in [0.1, 0.15) is 70.6 Å². The number of phosphoric ester groups is 1. The zero-order chi connectivity index (χ0) is 14.4. The molecule has 0 radical (unpaired) electrons. The molecular weight excluding hydrogens is 378 g/mol. The van der Waals surface area contributed by atoms with Crippen LogP contribution in [0.2, 0.25) is 0 Å². The molecule has 0 heterocycles. The Hall–Kier alpha value is 0.840. The van der Waals surface area contributed by atoms with E-state index in [-0.39, 0.29) is 6.61 Å². The Kier molecular flexibility index (Phi) is 14.4. The third-order valence-corrected chi connectivity index (χ3v) is 4.32. The van der Waals surface area contributed by atoms with Crippen LogP contribution >= 0.6 is 30.4 Å². The monoisotopic (exact) mass is 406 g/mol. The van der Waals surface area contributed by atoms with E-state index >= 15 is 0 Å². The molecule has 0 aromatic heterocycles. The first-order valence-corrected chi connectivity index (χ1v) is 10.4. The number of halogens is 1. The third kappa shape index (κ3) is 18.8. The van der Waals surface area contributed by atoms with Crippen molar-refractivity contribution in [3.63, 3.8) is 0 Å². The first-order valence-electron chi connectivity index (χ1n) is 7.32. The van der Waals surface area contributed by atoms with E-state index in [1.165, 1.54) is 55.8 Å². The number of hydrogen-bond donors (Lipinski definition) is 2. The lowest BCUT2D eigenvalue weighted by Gasteiger charge is -2.05. The van der Waals surface area contributed by atoms with Crippen LogP contribution < -0.4 is 0 Å². The summed E-state index contributed by atoms with van der Waals surface area (Å²) in [5.74, 6) is 0. The molecule has 116 valence electrons. The molecule has 0 unspecified atom stereocenters. The van der Waals surface area contributed by atoms with E-state index < -0.39 is 7.82 Å². The maximum absolute atomic E-state index is 10.4. The van der Waals surface area contributed by atoms with E-state index in [0.717, 1.165) is 19.3 Å². The molecule has 6 heteroatoms. The highest BCUT2D eigenvalue weighted by atomic mass is 127. The number of alkyl halides is 1. The van der Waals surface area contributed by atoms with Gasteiger partial charge in [-0.05, 0) is 17.3 Å². The molecule has 0 spiro atoms. The predicted octanol–water partition coefficient (Wildman–Crippen LogP) is 4.82. The van der Waals surface area contributed by atoms with Crippen molar-refractivity contribution in [2.75, 3.05) is 11.0 Å². The van der Waals surface area contributed by atoms with Crippen LogP contribution in [0.25, 0.3) is 0 Å². The molecule has 4 nitrogen and oxygen atoms in total. The van der Waals surface area contributed by atoms with E-state index in [2.05, 4.69) is 27.1 Å². The van der Waals surface area contributed by atoms with Crippen molar-refractivity contribution in [2.24, 2.45) is 0 Å². The van der Waals surface area contributed by atoms with Crippen LogP contribution in [0.3, 0.4) is 0 Å². The average molecular weight is 406 g/mol. The fourth-order valence-corrected chi connectivity index (χ4v) is 2.88. The van der Waals surface area contributed by atoms with Crippen molar-refractivity contribution in [3.8, 4) is 0 Å². The molecule has 0 aliphatic carbocycles. The van der Waals surface area contributed by atoms with E-state index in [1.54, 1.807) is 0 Å². The average Bonchev–Trinajstić information content (AvgIpc) is 2.34. The molecule has 0 fully saturated rings. The van der Waals surface area contributed by atoms with Gasteiger partial charge in [-0.25, -0.2) is 4.57 Å². The van der Waals surface area contributed by atoms with Crippen LogP contribution in [-0.2, 0) is 9.09 Å². The SMILES string of the molecule is O=P(O)(O)OCCCCCCCCCCCCCI. The second kappa shape index (κ2) is 13.8. The lowest BCUT2D eigenvalue weighted by molar-refractivity contribution is 0.193. The molecule has 0 amide bonds. The summed E-state index contributed by atoms with van der Waals surface area (Å²) in [6, 6.07) is 0. The van der Waals surface area contributed by atoms with Crippen molar-refractivity contribution < 1.29 is 18.9 Å². The van der Waals surface area contributed by atoms with E-state index in [0.29, 0.717) is 0 Å².